The van der Waals surface area contributed by atoms with Gasteiger partial charge in [-0.3, -0.25) is 9.59 Å². The molecule has 0 amide bonds. The Morgan fingerprint density at radius 3 is 2.18 bits per heavy atom. The van der Waals surface area contributed by atoms with Gasteiger partial charge >= 0.3 is 5.97 Å². The molecular weight excluding hydrogens is 372 g/mol. The highest BCUT2D eigenvalue weighted by molar-refractivity contribution is 7.99. The summed E-state index contributed by atoms with van der Waals surface area (Å²) in [6.07, 6.45) is 1.16. The number of benzene rings is 2. The zero-order chi connectivity index (χ0) is 20.4. The minimum Gasteiger partial charge on any atom is -0.494 e. The average molecular weight is 401 g/mol. The van der Waals surface area contributed by atoms with E-state index in [-0.39, 0.29) is 17.6 Å². The van der Waals surface area contributed by atoms with Crippen LogP contribution in [0.3, 0.4) is 0 Å². The lowest BCUT2D eigenvalue weighted by Gasteiger charge is -2.20. The molecule has 0 fully saturated rings. The summed E-state index contributed by atoms with van der Waals surface area (Å²) < 4.78 is 10.6. The number of esters is 1. The molecule has 0 spiro atoms. The Labute approximate surface area is 171 Å². The van der Waals surface area contributed by atoms with Gasteiger partial charge in [0, 0.05) is 10.1 Å². The van der Waals surface area contributed by atoms with Crippen molar-refractivity contribution in [1.82, 2.24) is 0 Å². The van der Waals surface area contributed by atoms with Gasteiger partial charge in [-0.15, -0.1) is 11.8 Å². The van der Waals surface area contributed by atoms with Gasteiger partial charge in [0.2, 0.25) is 0 Å². The number of carbonyl (C=O) groups excluding carboxylic acids is 2. The fourth-order valence-corrected chi connectivity index (χ4v) is 4.14. The lowest BCUT2D eigenvalue weighted by Crippen LogP contribution is -2.24. The van der Waals surface area contributed by atoms with Gasteiger partial charge in [0.25, 0.3) is 0 Å². The minimum absolute atomic E-state index is 0.120. The van der Waals surface area contributed by atoms with Crippen molar-refractivity contribution in [3.63, 3.8) is 0 Å². The van der Waals surface area contributed by atoms with Gasteiger partial charge in [-0.1, -0.05) is 30.3 Å². The molecule has 0 N–H and O–H groups in total. The molecule has 2 rings (SSSR count). The molecular formula is C23H28O4S. The number of thioether (sulfide) groups is 1. The lowest BCUT2D eigenvalue weighted by molar-refractivity contribution is -0.151. The third-order valence-corrected chi connectivity index (χ3v) is 5.70. The van der Waals surface area contributed by atoms with Crippen molar-refractivity contribution >= 4 is 23.5 Å². The van der Waals surface area contributed by atoms with Crippen molar-refractivity contribution in [2.24, 2.45) is 5.92 Å². The quantitative estimate of drug-likeness (QED) is 0.284. The van der Waals surface area contributed by atoms with Crippen molar-refractivity contribution in [3.8, 4) is 5.75 Å². The van der Waals surface area contributed by atoms with E-state index in [1.54, 1.807) is 18.7 Å². The van der Waals surface area contributed by atoms with E-state index in [2.05, 4.69) is 24.3 Å². The van der Waals surface area contributed by atoms with E-state index in [0.717, 1.165) is 16.2 Å². The van der Waals surface area contributed by atoms with E-state index < -0.39 is 11.9 Å². The van der Waals surface area contributed by atoms with Crippen LogP contribution in [0, 0.1) is 5.92 Å². The van der Waals surface area contributed by atoms with Crippen molar-refractivity contribution in [2.75, 3.05) is 13.2 Å². The first kappa shape index (κ1) is 22.0. The summed E-state index contributed by atoms with van der Waals surface area (Å²) in [6, 6.07) is 18.2. The zero-order valence-corrected chi connectivity index (χ0v) is 17.5. The molecule has 0 heterocycles. The van der Waals surface area contributed by atoms with E-state index >= 15 is 0 Å². The maximum absolute atomic E-state index is 12.1. The molecule has 0 aliphatic heterocycles. The number of rotatable bonds is 11. The minimum atomic E-state index is -0.707. The third-order valence-electron chi connectivity index (χ3n) is 4.36. The van der Waals surface area contributed by atoms with E-state index in [4.69, 9.17) is 9.47 Å². The molecule has 2 aromatic carbocycles. The first-order chi connectivity index (χ1) is 13.5. The molecule has 0 aromatic heterocycles. The Hall–Kier alpha value is -2.27. The van der Waals surface area contributed by atoms with E-state index in [1.807, 2.05) is 37.3 Å². The summed E-state index contributed by atoms with van der Waals surface area (Å²) >= 11 is 1.74. The number of ketones is 1. The predicted octanol–water partition coefficient (Wildman–Crippen LogP) is 5.47. The summed E-state index contributed by atoms with van der Waals surface area (Å²) in [4.78, 5) is 25.3. The number of Topliss-reactive ketones (excluding diaryl/α,β-unsaturated/α-hetero) is 1. The normalized spacial score (nSPS) is 12.8. The Kier molecular flexibility index (Phi) is 9.08. The Bertz CT molecular complexity index is 743. The standard InChI is InChI=1S/C23H28O4S/c1-4-26-19-13-11-18(12-14-19)22(28-20-9-7-6-8-10-20)16-15-21(17(3)24)23(25)27-5-2/h6-14,21-22H,4-5,15-16H2,1-3H3. The van der Waals surface area contributed by atoms with Crippen LogP contribution in [0.25, 0.3) is 0 Å². The maximum atomic E-state index is 12.1. The van der Waals surface area contributed by atoms with Crippen LogP contribution in [-0.2, 0) is 14.3 Å². The SMILES string of the molecule is CCOC(=O)C(CCC(Sc1ccccc1)c1ccc(OCC)cc1)C(C)=O. The van der Waals surface area contributed by atoms with Crippen LogP contribution in [0.1, 0.15) is 44.4 Å². The highest BCUT2D eigenvalue weighted by Gasteiger charge is 2.26. The summed E-state index contributed by atoms with van der Waals surface area (Å²) in [5.74, 6) is -0.442. The second kappa shape index (κ2) is 11.5. The van der Waals surface area contributed by atoms with Crippen LogP contribution in [0.2, 0.25) is 0 Å². The van der Waals surface area contributed by atoms with Gasteiger partial charge in [-0.05, 0) is 63.4 Å². The highest BCUT2D eigenvalue weighted by Crippen LogP contribution is 2.40. The number of ether oxygens (including phenoxy) is 2. The van der Waals surface area contributed by atoms with Gasteiger partial charge in [-0.2, -0.15) is 0 Å². The van der Waals surface area contributed by atoms with Crippen LogP contribution in [0.5, 0.6) is 5.75 Å². The largest absolute Gasteiger partial charge is 0.494 e. The van der Waals surface area contributed by atoms with Crippen LogP contribution < -0.4 is 4.74 Å². The average Bonchev–Trinajstić information content (AvgIpc) is 2.69. The third kappa shape index (κ3) is 6.71. The second-order valence-corrected chi connectivity index (χ2v) is 7.69. The number of hydrogen-bond acceptors (Lipinski definition) is 5. The van der Waals surface area contributed by atoms with Crippen LogP contribution >= 0.6 is 11.8 Å². The molecule has 0 aliphatic rings. The van der Waals surface area contributed by atoms with Crippen molar-refractivity contribution < 1.29 is 19.1 Å². The fraction of sp³-hybridized carbons (Fsp3) is 0.391. The Morgan fingerprint density at radius 2 is 1.61 bits per heavy atom. The van der Waals surface area contributed by atoms with Crippen molar-refractivity contribution in [2.45, 2.75) is 43.8 Å². The molecule has 4 nitrogen and oxygen atoms in total. The zero-order valence-electron chi connectivity index (χ0n) is 16.7. The fourth-order valence-electron chi connectivity index (χ4n) is 2.95. The Morgan fingerprint density at radius 1 is 0.929 bits per heavy atom. The second-order valence-electron chi connectivity index (χ2n) is 6.41. The topological polar surface area (TPSA) is 52.6 Å². The Balaban J connectivity index is 2.17. The molecule has 0 saturated heterocycles. The van der Waals surface area contributed by atoms with E-state index in [0.29, 0.717) is 19.4 Å². The van der Waals surface area contributed by atoms with Crippen LogP contribution in [-0.4, -0.2) is 25.0 Å². The summed E-state index contributed by atoms with van der Waals surface area (Å²) in [6.45, 7) is 6.07. The first-order valence-electron chi connectivity index (χ1n) is 9.66. The predicted molar refractivity (Wildman–Crippen MR) is 113 cm³/mol. The molecule has 150 valence electrons. The van der Waals surface area contributed by atoms with Gasteiger partial charge in [-0.25, -0.2) is 0 Å². The van der Waals surface area contributed by atoms with E-state index in [9.17, 15) is 9.59 Å². The molecule has 28 heavy (non-hydrogen) atoms. The highest BCUT2D eigenvalue weighted by atomic mass is 32.2. The molecule has 0 aliphatic carbocycles. The molecule has 2 aromatic rings. The summed E-state index contributed by atoms with van der Waals surface area (Å²) in [5.41, 5.74) is 1.14. The molecule has 0 saturated carbocycles. The maximum Gasteiger partial charge on any atom is 0.316 e. The van der Waals surface area contributed by atoms with Gasteiger partial charge < -0.3 is 9.47 Å². The molecule has 5 heteroatoms. The smallest absolute Gasteiger partial charge is 0.316 e. The van der Waals surface area contributed by atoms with Gasteiger partial charge in [0.15, 0.2) is 0 Å². The summed E-state index contributed by atoms with van der Waals surface area (Å²) in [7, 11) is 0. The van der Waals surface area contributed by atoms with E-state index in [1.165, 1.54) is 6.92 Å². The molecule has 0 bridgehead atoms. The van der Waals surface area contributed by atoms with Gasteiger partial charge in [0.1, 0.15) is 17.5 Å². The molecule has 2 unspecified atom stereocenters. The monoisotopic (exact) mass is 400 g/mol. The molecule has 2 atom stereocenters. The van der Waals surface area contributed by atoms with Crippen molar-refractivity contribution in [1.29, 1.82) is 0 Å². The number of hydrogen-bond donors (Lipinski definition) is 0. The first-order valence-corrected chi connectivity index (χ1v) is 10.5. The van der Waals surface area contributed by atoms with Crippen molar-refractivity contribution in [3.05, 3.63) is 60.2 Å². The van der Waals surface area contributed by atoms with Crippen LogP contribution in [0.4, 0.5) is 0 Å². The number of carbonyl (C=O) groups is 2. The van der Waals surface area contributed by atoms with Gasteiger partial charge in [0.05, 0.1) is 13.2 Å². The molecule has 0 radical (unpaired) electrons. The lowest BCUT2D eigenvalue weighted by atomic mass is 9.96. The summed E-state index contributed by atoms with van der Waals surface area (Å²) in [5, 5.41) is 0.120. The van der Waals surface area contributed by atoms with Crippen LogP contribution in [0.15, 0.2) is 59.5 Å².